The molecule has 0 saturated heterocycles. The van der Waals surface area contributed by atoms with Gasteiger partial charge in [0.2, 0.25) is 0 Å². The molecule has 0 aliphatic rings. The van der Waals surface area contributed by atoms with Crippen molar-refractivity contribution >= 4 is 54.8 Å². The highest BCUT2D eigenvalue weighted by Gasteiger charge is 2.20. The highest BCUT2D eigenvalue weighted by atomic mass is 79.9. The monoisotopic (exact) mass is 514 g/mol. The minimum Gasteiger partial charge on any atom is -0.453 e. The molecule has 0 radical (unpaired) electrons. The molecular weight excluding hydrogens is 496 g/mol. The molecule has 0 atom stereocenters. The van der Waals surface area contributed by atoms with E-state index >= 15 is 0 Å². The summed E-state index contributed by atoms with van der Waals surface area (Å²) >= 11 is 6.50. The van der Waals surface area contributed by atoms with E-state index in [1.807, 2.05) is 31.4 Å². The van der Waals surface area contributed by atoms with E-state index in [9.17, 15) is 13.2 Å². The van der Waals surface area contributed by atoms with Gasteiger partial charge in [0.25, 0.3) is 0 Å². The third-order valence-electron chi connectivity index (χ3n) is 4.06. The predicted molar refractivity (Wildman–Crippen MR) is 121 cm³/mol. The number of hydrogen-bond donors (Lipinski definition) is 0. The average molecular weight is 515 g/mol. The fourth-order valence-electron chi connectivity index (χ4n) is 2.70. The van der Waals surface area contributed by atoms with Crippen molar-refractivity contribution in [3.8, 4) is 21.0 Å². The van der Waals surface area contributed by atoms with Crippen molar-refractivity contribution in [3.63, 3.8) is 0 Å². The molecule has 0 unspecified atom stereocenters. The van der Waals surface area contributed by atoms with E-state index in [1.165, 1.54) is 29.4 Å². The quantitative estimate of drug-likeness (QED) is 0.338. The standard InChI is InChI=1S/C19H19BrN2O4S3/c1-12-18(20)19(22(21-12)10-17(23)26-11-27-2)16-8-7-15(28-16)13-5-4-6-14(9-13)29(3,24)25/h4-9H,10-11H2,1-3H3. The van der Waals surface area contributed by atoms with E-state index < -0.39 is 9.84 Å². The molecule has 29 heavy (non-hydrogen) atoms. The molecule has 0 spiro atoms. The van der Waals surface area contributed by atoms with Crippen molar-refractivity contribution in [2.24, 2.45) is 0 Å². The van der Waals surface area contributed by atoms with E-state index in [1.54, 1.807) is 22.9 Å². The van der Waals surface area contributed by atoms with E-state index in [4.69, 9.17) is 4.74 Å². The number of nitrogens with zero attached hydrogens (tertiary/aromatic N) is 2. The van der Waals surface area contributed by atoms with Crippen molar-refractivity contribution in [1.29, 1.82) is 0 Å². The van der Waals surface area contributed by atoms with Crippen LogP contribution in [0.5, 0.6) is 0 Å². The number of halogens is 1. The molecule has 6 nitrogen and oxygen atoms in total. The van der Waals surface area contributed by atoms with Crippen LogP contribution in [0.2, 0.25) is 0 Å². The van der Waals surface area contributed by atoms with Gasteiger partial charge in [-0.3, -0.25) is 9.48 Å². The number of thiophene rings is 1. The van der Waals surface area contributed by atoms with Gasteiger partial charge in [-0.25, -0.2) is 8.42 Å². The topological polar surface area (TPSA) is 78.3 Å². The van der Waals surface area contributed by atoms with Gasteiger partial charge in [-0.15, -0.1) is 23.1 Å². The van der Waals surface area contributed by atoms with Gasteiger partial charge in [0.15, 0.2) is 9.84 Å². The van der Waals surface area contributed by atoms with Gasteiger partial charge in [0.05, 0.1) is 25.6 Å². The lowest BCUT2D eigenvalue weighted by Crippen LogP contribution is -2.15. The number of aryl methyl sites for hydroxylation is 1. The minimum absolute atomic E-state index is 0.0130. The van der Waals surface area contributed by atoms with Crippen LogP contribution in [0.25, 0.3) is 21.0 Å². The van der Waals surface area contributed by atoms with Crippen LogP contribution in [-0.2, 0) is 25.9 Å². The Labute approximate surface area is 186 Å². The summed E-state index contributed by atoms with van der Waals surface area (Å²) in [6.45, 7) is 1.88. The zero-order valence-corrected chi connectivity index (χ0v) is 20.0. The highest BCUT2D eigenvalue weighted by Crippen LogP contribution is 2.39. The molecule has 0 bridgehead atoms. The van der Waals surface area contributed by atoms with Crippen LogP contribution in [0.15, 0.2) is 45.8 Å². The molecule has 3 aromatic rings. The van der Waals surface area contributed by atoms with Gasteiger partial charge in [-0.05, 0) is 58.9 Å². The Hall–Kier alpha value is -1.62. The van der Waals surface area contributed by atoms with Crippen molar-refractivity contribution in [1.82, 2.24) is 9.78 Å². The highest BCUT2D eigenvalue weighted by molar-refractivity contribution is 9.10. The van der Waals surface area contributed by atoms with Crippen molar-refractivity contribution < 1.29 is 17.9 Å². The molecule has 1 aromatic carbocycles. The van der Waals surface area contributed by atoms with Crippen LogP contribution in [0.1, 0.15) is 5.69 Å². The lowest BCUT2D eigenvalue weighted by Gasteiger charge is -2.07. The Kier molecular flexibility index (Phi) is 6.87. The molecule has 2 aromatic heterocycles. The second kappa shape index (κ2) is 9.03. The van der Waals surface area contributed by atoms with Gasteiger partial charge < -0.3 is 4.74 Å². The molecule has 0 aliphatic heterocycles. The first-order valence-corrected chi connectivity index (χ1v) is 13.4. The van der Waals surface area contributed by atoms with E-state index in [0.717, 1.165) is 31.2 Å². The number of ether oxygens (including phenoxy) is 1. The molecule has 3 rings (SSSR count). The first-order chi connectivity index (χ1) is 13.7. The molecular formula is C19H19BrN2O4S3. The summed E-state index contributed by atoms with van der Waals surface area (Å²) in [6.07, 6.45) is 3.06. The molecule has 0 N–H and O–H groups in total. The number of benzene rings is 1. The number of aromatic nitrogens is 2. The lowest BCUT2D eigenvalue weighted by atomic mass is 10.2. The first-order valence-electron chi connectivity index (χ1n) is 8.49. The molecule has 0 amide bonds. The maximum Gasteiger partial charge on any atom is 0.328 e. The Bertz CT molecular complexity index is 1150. The smallest absolute Gasteiger partial charge is 0.328 e. The maximum absolute atomic E-state index is 12.1. The number of esters is 1. The SMILES string of the molecule is CSCOC(=O)Cn1nc(C)c(Br)c1-c1ccc(-c2cccc(S(C)(=O)=O)c2)s1. The molecule has 10 heteroatoms. The zero-order chi connectivity index (χ0) is 21.2. The van der Waals surface area contributed by atoms with E-state index in [-0.39, 0.29) is 17.4 Å². The number of sulfone groups is 1. The third-order valence-corrected chi connectivity index (χ3v) is 7.61. The summed E-state index contributed by atoms with van der Waals surface area (Å²) in [5, 5.41) is 4.45. The third kappa shape index (κ3) is 5.11. The fourth-order valence-corrected chi connectivity index (χ4v) is 5.31. The van der Waals surface area contributed by atoms with E-state index in [0.29, 0.717) is 5.94 Å². The second-order valence-electron chi connectivity index (χ2n) is 6.29. The summed E-state index contributed by atoms with van der Waals surface area (Å²) in [5.41, 5.74) is 2.38. The van der Waals surface area contributed by atoms with Crippen LogP contribution in [-0.4, -0.2) is 42.6 Å². The summed E-state index contributed by atoms with van der Waals surface area (Å²) in [4.78, 5) is 14.2. The summed E-state index contributed by atoms with van der Waals surface area (Å²) in [5.74, 6) is -0.0525. The predicted octanol–water partition coefficient (Wildman–Crippen LogP) is 4.62. The Morgan fingerprint density at radius 3 is 2.69 bits per heavy atom. The molecule has 0 aliphatic carbocycles. The summed E-state index contributed by atoms with van der Waals surface area (Å²) < 4.78 is 31.3. The van der Waals surface area contributed by atoms with Gasteiger partial charge >= 0.3 is 5.97 Å². The van der Waals surface area contributed by atoms with Gasteiger partial charge in [0.1, 0.15) is 12.5 Å². The average Bonchev–Trinajstić information content (AvgIpc) is 3.24. The number of thioether (sulfide) groups is 1. The Morgan fingerprint density at radius 1 is 1.28 bits per heavy atom. The number of hydrogen-bond acceptors (Lipinski definition) is 7. The summed E-state index contributed by atoms with van der Waals surface area (Å²) in [7, 11) is -3.28. The van der Waals surface area contributed by atoms with Crippen LogP contribution in [0.3, 0.4) is 0 Å². The molecule has 0 saturated carbocycles. The fraction of sp³-hybridized carbons (Fsp3) is 0.263. The largest absolute Gasteiger partial charge is 0.453 e. The Morgan fingerprint density at radius 2 is 2.00 bits per heavy atom. The lowest BCUT2D eigenvalue weighted by molar-refractivity contribution is -0.142. The molecule has 2 heterocycles. The first kappa shape index (κ1) is 22.1. The molecule has 154 valence electrons. The van der Waals surface area contributed by atoms with Crippen LogP contribution < -0.4 is 0 Å². The number of rotatable bonds is 7. The number of carbonyl (C=O) groups excluding carboxylic acids is 1. The van der Waals surface area contributed by atoms with Crippen molar-refractivity contribution in [2.45, 2.75) is 18.4 Å². The maximum atomic E-state index is 12.1. The van der Waals surface area contributed by atoms with Crippen molar-refractivity contribution in [3.05, 3.63) is 46.6 Å². The second-order valence-corrected chi connectivity index (χ2v) is 11.0. The Balaban J connectivity index is 1.96. The van der Waals surface area contributed by atoms with Crippen LogP contribution >= 0.6 is 39.0 Å². The van der Waals surface area contributed by atoms with Crippen LogP contribution in [0.4, 0.5) is 0 Å². The minimum atomic E-state index is -3.28. The number of carbonyl (C=O) groups is 1. The zero-order valence-electron chi connectivity index (χ0n) is 16.0. The van der Waals surface area contributed by atoms with E-state index in [2.05, 4.69) is 21.0 Å². The van der Waals surface area contributed by atoms with Gasteiger partial charge in [-0.2, -0.15) is 5.10 Å². The van der Waals surface area contributed by atoms with Gasteiger partial charge in [-0.1, -0.05) is 12.1 Å². The molecule has 0 fully saturated rings. The van der Waals surface area contributed by atoms with Crippen LogP contribution in [0, 0.1) is 6.92 Å². The van der Waals surface area contributed by atoms with Gasteiger partial charge in [0, 0.05) is 11.1 Å². The van der Waals surface area contributed by atoms with Crippen molar-refractivity contribution in [2.75, 3.05) is 18.5 Å². The normalized spacial score (nSPS) is 11.6. The summed E-state index contributed by atoms with van der Waals surface area (Å²) in [6, 6.07) is 10.7.